The van der Waals surface area contributed by atoms with Crippen molar-refractivity contribution in [2.24, 2.45) is 0 Å². The van der Waals surface area contributed by atoms with Crippen molar-refractivity contribution in [3.8, 4) is 0 Å². The Labute approximate surface area is 110 Å². The number of hydrogen-bond acceptors (Lipinski definition) is 1. The topological polar surface area (TPSA) is 20.2 Å². The Kier molecular flexibility index (Phi) is 6.61. The standard InChI is InChI=1S/C15H23ClO/c1-3-4-5-6-7-8-15(17)13-9-12(2)10-14(16)11-13/h9-11,15,17H,3-8H2,1-2H3. The first-order valence-electron chi connectivity index (χ1n) is 6.58. The minimum Gasteiger partial charge on any atom is -0.388 e. The van der Waals surface area contributed by atoms with Crippen molar-refractivity contribution in [3.63, 3.8) is 0 Å². The molecule has 0 aliphatic carbocycles. The highest BCUT2D eigenvalue weighted by molar-refractivity contribution is 6.30. The van der Waals surface area contributed by atoms with Gasteiger partial charge in [-0.25, -0.2) is 0 Å². The van der Waals surface area contributed by atoms with Gasteiger partial charge >= 0.3 is 0 Å². The van der Waals surface area contributed by atoms with E-state index in [2.05, 4.69) is 6.92 Å². The number of hydrogen-bond donors (Lipinski definition) is 1. The van der Waals surface area contributed by atoms with E-state index in [0.29, 0.717) is 5.02 Å². The summed E-state index contributed by atoms with van der Waals surface area (Å²) in [6.45, 7) is 4.22. The van der Waals surface area contributed by atoms with Crippen LogP contribution in [0.2, 0.25) is 5.02 Å². The van der Waals surface area contributed by atoms with Crippen LogP contribution in [-0.2, 0) is 0 Å². The Morgan fingerprint density at radius 2 is 1.82 bits per heavy atom. The van der Waals surface area contributed by atoms with Gasteiger partial charge in [0.05, 0.1) is 6.10 Å². The molecular formula is C15H23ClO. The number of aryl methyl sites for hydroxylation is 1. The summed E-state index contributed by atoms with van der Waals surface area (Å²) in [6, 6.07) is 5.80. The molecule has 0 amide bonds. The first-order chi connectivity index (χ1) is 8.13. The largest absolute Gasteiger partial charge is 0.388 e. The molecule has 1 aromatic carbocycles. The van der Waals surface area contributed by atoms with Gasteiger partial charge in [0.25, 0.3) is 0 Å². The number of aliphatic hydroxyl groups excluding tert-OH is 1. The van der Waals surface area contributed by atoms with E-state index in [1.54, 1.807) is 0 Å². The van der Waals surface area contributed by atoms with E-state index in [0.717, 1.165) is 24.0 Å². The average molecular weight is 255 g/mol. The summed E-state index contributed by atoms with van der Waals surface area (Å²) in [6.07, 6.45) is 6.61. The first-order valence-corrected chi connectivity index (χ1v) is 6.96. The maximum Gasteiger partial charge on any atom is 0.0790 e. The maximum atomic E-state index is 10.1. The second-order valence-electron chi connectivity index (χ2n) is 4.78. The molecule has 1 aromatic rings. The van der Waals surface area contributed by atoms with Crippen LogP contribution in [0, 0.1) is 6.92 Å². The van der Waals surface area contributed by atoms with Crippen molar-refractivity contribution in [2.45, 2.75) is 58.5 Å². The predicted molar refractivity (Wildman–Crippen MR) is 74.5 cm³/mol. The molecule has 0 radical (unpaired) electrons. The fourth-order valence-electron chi connectivity index (χ4n) is 2.06. The van der Waals surface area contributed by atoms with Gasteiger partial charge in [-0.15, -0.1) is 0 Å². The van der Waals surface area contributed by atoms with Crippen LogP contribution in [0.4, 0.5) is 0 Å². The van der Waals surface area contributed by atoms with E-state index < -0.39 is 0 Å². The lowest BCUT2D eigenvalue weighted by atomic mass is 10.0. The minimum atomic E-state index is -0.367. The molecule has 1 unspecified atom stereocenters. The third-order valence-electron chi connectivity index (χ3n) is 3.03. The Balaban J connectivity index is 2.38. The zero-order valence-corrected chi connectivity index (χ0v) is 11.6. The van der Waals surface area contributed by atoms with Gasteiger partial charge in [-0.2, -0.15) is 0 Å². The van der Waals surface area contributed by atoms with Crippen molar-refractivity contribution in [2.75, 3.05) is 0 Å². The Morgan fingerprint density at radius 1 is 1.12 bits per heavy atom. The summed E-state index contributed by atoms with van der Waals surface area (Å²) in [7, 11) is 0. The number of benzene rings is 1. The van der Waals surface area contributed by atoms with E-state index >= 15 is 0 Å². The normalized spacial score (nSPS) is 12.7. The lowest BCUT2D eigenvalue weighted by Gasteiger charge is -2.12. The van der Waals surface area contributed by atoms with Crippen LogP contribution in [0.5, 0.6) is 0 Å². The van der Waals surface area contributed by atoms with Crippen molar-refractivity contribution in [3.05, 3.63) is 34.3 Å². The highest BCUT2D eigenvalue weighted by Crippen LogP contribution is 2.24. The summed E-state index contributed by atoms with van der Waals surface area (Å²) < 4.78 is 0. The molecule has 0 bridgehead atoms. The second kappa shape index (κ2) is 7.73. The van der Waals surface area contributed by atoms with Crippen LogP contribution in [0.15, 0.2) is 18.2 Å². The lowest BCUT2D eigenvalue weighted by molar-refractivity contribution is 0.163. The zero-order valence-electron chi connectivity index (χ0n) is 10.9. The maximum absolute atomic E-state index is 10.1. The molecular weight excluding hydrogens is 232 g/mol. The molecule has 96 valence electrons. The Hall–Kier alpha value is -0.530. The molecule has 0 saturated heterocycles. The summed E-state index contributed by atoms with van der Waals surface area (Å²) >= 11 is 5.99. The van der Waals surface area contributed by atoms with E-state index in [1.807, 2.05) is 25.1 Å². The summed E-state index contributed by atoms with van der Waals surface area (Å²) in [5, 5.41) is 10.8. The van der Waals surface area contributed by atoms with Gasteiger partial charge < -0.3 is 5.11 Å². The smallest absolute Gasteiger partial charge is 0.0790 e. The zero-order chi connectivity index (χ0) is 12.7. The molecule has 0 saturated carbocycles. The van der Waals surface area contributed by atoms with Crippen molar-refractivity contribution in [1.82, 2.24) is 0 Å². The number of aliphatic hydroxyl groups is 1. The monoisotopic (exact) mass is 254 g/mol. The lowest BCUT2D eigenvalue weighted by Crippen LogP contribution is -1.98. The minimum absolute atomic E-state index is 0.367. The predicted octanol–water partition coefficient (Wildman–Crippen LogP) is 5.04. The molecule has 0 aromatic heterocycles. The average Bonchev–Trinajstić information content (AvgIpc) is 2.27. The highest BCUT2D eigenvalue weighted by atomic mass is 35.5. The van der Waals surface area contributed by atoms with Crippen LogP contribution in [0.1, 0.15) is 62.7 Å². The SMILES string of the molecule is CCCCCCCC(O)c1cc(C)cc(Cl)c1. The van der Waals surface area contributed by atoms with Crippen LogP contribution in [0.3, 0.4) is 0 Å². The molecule has 1 N–H and O–H groups in total. The van der Waals surface area contributed by atoms with E-state index in [9.17, 15) is 5.11 Å². The third kappa shape index (κ3) is 5.56. The Morgan fingerprint density at radius 3 is 2.47 bits per heavy atom. The number of unbranched alkanes of at least 4 members (excludes halogenated alkanes) is 4. The third-order valence-corrected chi connectivity index (χ3v) is 3.25. The molecule has 2 heteroatoms. The van der Waals surface area contributed by atoms with Crippen molar-refractivity contribution in [1.29, 1.82) is 0 Å². The van der Waals surface area contributed by atoms with Gasteiger partial charge in [-0.05, 0) is 36.6 Å². The van der Waals surface area contributed by atoms with Gasteiger partial charge in [-0.1, -0.05) is 56.7 Å². The second-order valence-corrected chi connectivity index (χ2v) is 5.22. The summed E-state index contributed by atoms with van der Waals surface area (Å²) in [4.78, 5) is 0. The van der Waals surface area contributed by atoms with Gasteiger partial charge in [0, 0.05) is 5.02 Å². The van der Waals surface area contributed by atoms with Gasteiger partial charge in [0.2, 0.25) is 0 Å². The molecule has 0 spiro atoms. The van der Waals surface area contributed by atoms with Gasteiger partial charge in [0.15, 0.2) is 0 Å². The molecule has 0 aliphatic rings. The van der Waals surface area contributed by atoms with Crippen molar-refractivity contribution < 1.29 is 5.11 Å². The molecule has 0 heterocycles. The van der Waals surface area contributed by atoms with Crippen molar-refractivity contribution >= 4 is 11.6 Å². The summed E-state index contributed by atoms with van der Waals surface area (Å²) in [5.74, 6) is 0. The molecule has 1 rings (SSSR count). The number of rotatable bonds is 7. The van der Waals surface area contributed by atoms with E-state index in [-0.39, 0.29) is 6.10 Å². The molecule has 0 fully saturated rings. The molecule has 0 aliphatic heterocycles. The van der Waals surface area contributed by atoms with Crippen LogP contribution in [-0.4, -0.2) is 5.11 Å². The van der Waals surface area contributed by atoms with Crippen LogP contribution >= 0.6 is 11.6 Å². The Bertz CT molecular complexity index is 315. The van der Waals surface area contributed by atoms with Gasteiger partial charge in [-0.3, -0.25) is 0 Å². The van der Waals surface area contributed by atoms with Gasteiger partial charge in [0.1, 0.15) is 0 Å². The van der Waals surface area contributed by atoms with E-state index in [4.69, 9.17) is 11.6 Å². The van der Waals surface area contributed by atoms with Crippen LogP contribution in [0.25, 0.3) is 0 Å². The van der Waals surface area contributed by atoms with Crippen LogP contribution < -0.4 is 0 Å². The highest BCUT2D eigenvalue weighted by Gasteiger charge is 2.08. The van der Waals surface area contributed by atoms with E-state index in [1.165, 1.54) is 25.7 Å². The molecule has 1 atom stereocenters. The fraction of sp³-hybridized carbons (Fsp3) is 0.600. The molecule has 1 nitrogen and oxygen atoms in total. The number of halogens is 1. The molecule has 17 heavy (non-hydrogen) atoms. The summed E-state index contributed by atoms with van der Waals surface area (Å²) in [5.41, 5.74) is 2.06. The quantitative estimate of drug-likeness (QED) is 0.676. The fourth-order valence-corrected chi connectivity index (χ4v) is 2.36. The first kappa shape index (κ1) is 14.5.